The van der Waals surface area contributed by atoms with E-state index in [0.717, 1.165) is 33.6 Å². The molecule has 0 bridgehead atoms. The Kier molecular flexibility index (Phi) is 6.39. The summed E-state index contributed by atoms with van der Waals surface area (Å²) in [4.78, 5) is 2.44. The summed E-state index contributed by atoms with van der Waals surface area (Å²) in [6, 6.07) is 60.5. The number of nitrogens with zero attached hydrogens (tertiary/aromatic N) is 1. The summed E-state index contributed by atoms with van der Waals surface area (Å²) in [6.45, 7) is 9.42. The zero-order valence-corrected chi connectivity index (χ0v) is 30.9. The normalized spacial score (nSPS) is 14.6. The van der Waals surface area contributed by atoms with Gasteiger partial charge in [0.15, 0.2) is 0 Å². The molecule has 0 atom stereocenters. The summed E-state index contributed by atoms with van der Waals surface area (Å²) >= 11 is 0. The minimum atomic E-state index is -0.0970. The van der Waals surface area contributed by atoms with Crippen LogP contribution in [0.4, 0.5) is 17.1 Å². The summed E-state index contributed by atoms with van der Waals surface area (Å²) in [5, 5.41) is 4.76. The summed E-state index contributed by atoms with van der Waals surface area (Å²) in [6.07, 6.45) is 0. The molecule has 2 aliphatic carbocycles. The first kappa shape index (κ1) is 31.2. The number of furan rings is 1. The lowest BCUT2D eigenvalue weighted by Crippen LogP contribution is -2.17. The molecule has 2 heteroatoms. The number of rotatable bonds is 4. The van der Waals surface area contributed by atoms with Gasteiger partial charge in [0.05, 0.1) is 0 Å². The molecule has 1 aromatic heterocycles. The topological polar surface area (TPSA) is 16.4 Å². The number of para-hydroxylation sites is 1. The molecule has 0 saturated carbocycles. The van der Waals surface area contributed by atoms with E-state index in [1.165, 1.54) is 71.8 Å². The quantitative estimate of drug-likeness (QED) is 0.182. The molecule has 0 saturated heterocycles. The number of fused-ring (bicyclic) bond motifs is 11. The van der Waals surface area contributed by atoms with Crippen molar-refractivity contribution in [1.82, 2.24) is 0 Å². The zero-order valence-electron chi connectivity index (χ0n) is 30.9. The van der Waals surface area contributed by atoms with Gasteiger partial charge in [0.1, 0.15) is 11.2 Å². The van der Waals surface area contributed by atoms with Crippen LogP contribution < -0.4 is 4.90 Å². The van der Waals surface area contributed by atoms with E-state index in [9.17, 15) is 0 Å². The Balaban J connectivity index is 1.06. The number of anilines is 3. The molecule has 2 aliphatic rings. The lowest BCUT2D eigenvalue weighted by molar-refractivity contribution is 0.660. The molecule has 0 N–H and O–H groups in total. The van der Waals surface area contributed by atoms with Crippen molar-refractivity contribution in [2.45, 2.75) is 38.5 Å². The molecule has 0 spiro atoms. The van der Waals surface area contributed by atoms with E-state index in [1.54, 1.807) is 0 Å². The standard InChI is InChI=1S/C52H39NO/c1-51(2)45-15-9-6-12-39(45)43-30-36(25-27-46(43)51)53(37-24-26-40-38-11-5-8-14-44(38)52(3,4)47(40)31-37)35-22-19-32(20-23-35)34-18-17-33-21-28-49-50(42(33)29-34)41-13-7-10-16-48(41)54-49/h5-31H,1-4H3. The maximum absolute atomic E-state index is 6.24. The molecule has 8 aromatic carbocycles. The third kappa shape index (κ3) is 4.34. The van der Waals surface area contributed by atoms with E-state index in [0.29, 0.717) is 0 Å². The molecule has 0 radical (unpaired) electrons. The Morgan fingerprint density at radius 1 is 0.389 bits per heavy atom. The number of benzene rings is 8. The van der Waals surface area contributed by atoms with Crippen LogP contribution in [0, 0.1) is 0 Å². The molecule has 2 nitrogen and oxygen atoms in total. The predicted molar refractivity (Wildman–Crippen MR) is 226 cm³/mol. The molecule has 0 fully saturated rings. The second-order valence-corrected chi connectivity index (χ2v) is 16.2. The Morgan fingerprint density at radius 2 is 0.963 bits per heavy atom. The lowest BCUT2D eigenvalue weighted by atomic mass is 9.82. The fraction of sp³-hybridized carbons (Fsp3) is 0.115. The second kappa shape index (κ2) is 11.1. The molecule has 1 heterocycles. The van der Waals surface area contributed by atoms with Gasteiger partial charge in [0.2, 0.25) is 0 Å². The Morgan fingerprint density at radius 3 is 1.76 bits per heavy atom. The van der Waals surface area contributed by atoms with Gasteiger partial charge in [-0.2, -0.15) is 0 Å². The van der Waals surface area contributed by atoms with Crippen molar-refractivity contribution in [3.05, 3.63) is 186 Å². The van der Waals surface area contributed by atoms with E-state index in [1.807, 2.05) is 6.07 Å². The monoisotopic (exact) mass is 693 g/mol. The Hall–Kier alpha value is -6.38. The lowest BCUT2D eigenvalue weighted by Gasteiger charge is -2.29. The molecule has 0 amide bonds. The van der Waals surface area contributed by atoms with E-state index in [4.69, 9.17) is 4.42 Å². The van der Waals surface area contributed by atoms with Crippen LogP contribution in [0.2, 0.25) is 0 Å². The summed E-state index contributed by atoms with van der Waals surface area (Å²) < 4.78 is 6.24. The largest absolute Gasteiger partial charge is 0.456 e. The molecule has 258 valence electrons. The maximum Gasteiger partial charge on any atom is 0.136 e. The SMILES string of the molecule is CC1(C)c2ccccc2-c2cc(N(c3ccc(-c4ccc5ccc6oc7ccccc7c6c5c4)cc3)c3ccc4c(c3)C(C)(C)c3ccccc3-4)ccc21. The average molecular weight is 694 g/mol. The van der Waals surface area contributed by atoms with Gasteiger partial charge < -0.3 is 9.32 Å². The van der Waals surface area contributed by atoms with Crippen molar-refractivity contribution in [3.63, 3.8) is 0 Å². The highest BCUT2D eigenvalue weighted by Gasteiger charge is 2.37. The van der Waals surface area contributed by atoms with Gasteiger partial charge in [0.25, 0.3) is 0 Å². The minimum Gasteiger partial charge on any atom is -0.456 e. The van der Waals surface area contributed by atoms with Crippen molar-refractivity contribution in [1.29, 1.82) is 0 Å². The molecule has 9 aromatic rings. The van der Waals surface area contributed by atoms with Crippen LogP contribution in [0.5, 0.6) is 0 Å². The van der Waals surface area contributed by atoms with Crippen molar-refractivity contribution < 1.29 is 4.42 Å². The zero-order chi connectivity index (χ0) is 36.3. The van der Waals surface area contributed by atoms with Crippen LogP contribution in [0.3, 0.4) is 0 Å². The number of hydrogen-bond acceptors (Lipinski definition) is 2. The van der Waals surface area contributed by atoms with Gasteiger partial charge in [-0.25, -0.2) is 0 Å². The molecule has 54 heavy (non-hydrogen) atoms. The van der Waals surface area contributed by atoms with Gasteiger partial charge in [0, 0.05) is 38.7 Å². The van der Waals surface area contributed by atoms with E-state index in [2.05, 4.69) is 190 Å². The average Bonchev–Trinajstić information content (AvgIpc) is 3.78. The molecular formula is C52H39NO. The maximum atomic E-state index is 6.24. The molecular weight excluding hydrogens is 655 g/mol. The van der Waals surface area contributed by atoms with Crippen LogP contribution in [0.1, 0.15) is 49.9 Å². The van der Waals surface area contributed by atoms with Crippen LogP contribution in [-0.2, 0) is 10.8 Å². The van der Waals surface area contributed by atoms with E-state index < -0.39 is 0 Å². The van der Waals surface area contributed by atoms with Gasteiger partial charge in [-0.3, -0.25) is 0 Å². The Bertz CT molecular complexity index is 3000. The van der Waals surface area contributed by atoms with Gasteiger partial charge in [-0.1, -0.05) is 137 Å². The van der Waals surface area contributed by atoms with Crippen LogP contribution in [0.25, 0.3) is 66.1 Å². The minimum absolute atomic E-state index is 0.0471. The van der Waals surface area contributed by atoms with Crippen molar-refractivity contribution in [2.75, 3.05) is 4.90 Å². The number of hydrogen-bond donors (Lipinski definition) is 0. The molecule has 11 rings (SSSR count). The fourth-order valence-electron chi connectivity index (χ4n) is 9.65. The third-order valence-corrected chi connectivity index (χ3v) is 12.5. The second-order valence-electron chi connectivity index (χ2n) is 16.2. The smallest absolute Gasteiger partial charge is 0.136 e. The molecule has 0 aliphatic heterocycles. The van der Waals surface area contributed by atoms with Gasteiger partial charge >= 0.3 is 0 Å². The predicted octanol–water partition coefficient (Wildman–Crippen LogP) is 14.5. The van der Waals surface area contributed by atoms with Crippen molar-refractivity contribution in [2.24, 2.45) is 0 Å². The first-order valence-corrected chi connectivity index (χ1v) is 19.0. The highest BCUT2D eigenvalue weighted by Crippen LogP contribution is 2.53. The summed E-state index contributed by atoms with van der Waals surface area (Å²) in [5.74, 6) is 0. The van der Waals surface area contributed by atoms with Crippen LogP contribution >= 0.6 is 0 Å². The summed E-state index contributed by atoms with van der Waals surface area (Å²) in [5.41, 5.74) is 18.4. The molecule has 0 unspecified atom stereocenters. The van der Waals surface area contributed by atoms with Crippen LogP contribution in [-0.4, -0.2) is 0 Å². The van der Waals surface area contributed by atoms with E-state index in [-0.39, 0.29) is 10.8 Å². The van der Waals surface area contributed by atoms with Gasteiger partial charge in [-0.15, -0.1) is 0 Å². The first-order chi connectivity index (χ1) is 26.3. The highest BCUT2D eigenvalue weighted by atomic mass is 16.3. The van der Waals surface area contributed by atoms with Gasteiger partial charge in [-0.05, 0) is 121 Å². The third-order valence-electron chi connectivity index (χ3n) is 12.5. The Labute approximate surface area is 315 Å². The summed E-state index contributed by atoms with van der Waals surface area (Å²) in [7, 11) is 0. The van der Waals surface area contributed by atoms with Crippen molar-refractivity contribution in [3.8, 4) is 33.4 Å². The fourth-order valence-corrected chi connectivity index (χ4v) is 9.65. The van der Waals surface area contributed by atoms with E-state index >= 15 is 0 Å². The highest BCUT2D eigenvalue weighted by molar-refractivity contribution is 6.19. The van der Waals surface area contributed by atoms with Crippen LogP contribution in [0.15, 0.2) is 168 Å². The van der Waals surface area contributed by atoms with Crippen molar-refractivity contribution >= 4 is 49.8 Å². The first-order valence-electron chi connectivity index (χ1n) is 19.0.